The number of nitrogens with zero attached hydrogens (tertiary/aromatic N) is 1. The normalized spacial score (nSPS) is 22.3. The summed E-state index contributed by atoms with van der Waals surface area (Å²) in [5, 5.41) is 15.9. The highest BCUT2D eigenvalue weighted by atomic mass is 16.3. The van der Waals surface area contributed by atoms with E-state index in [9.17, 15) is 9.90 Å². The Hall–Kier alpha value is -1.46. The van der Waals surface area contributed by atoms with Crippen molar-refractivity contribution in [2.24, 2.45) is 5.41 Å². The average Bonchev–Trinajstić information content (AvgIpc) is 2.82. The molecule has 0 saturated heterocycles. The number of pyridine rings is 1. The minimum atomic E-state index is -0.447. The van der Waals surface area contributed by atoms with E-state index in [1.807, 2.05) is 32.9 Å². The molecule has 0 spiro atoms. The van der Waals surface area contributed by atoms with Gasteiger partial charge < -0.3 is 15.7 Å². The molecular weight excluding hydrogens is 266 g/mol. The molecule has 2 rings (SSSR count). The maximum Gasteiger partial charge on any atom is 0.230 e. The second kappa shape index (κ2) is 6.54. The SMILES string of the molecule is CC(C)(C)C(=O)Nc1ncccc1CN[C@H]1CC[C@@H](O)C1. The number of hydrogen-bond donors (Lipinski definition) is 3. The van der Waals surface area contributed by atoms with Crippen LogP contribution in [-0.2, 0) is 11.3 Å². The summed E-state index contributed by atoms with van der Waals surface area (Å²) >= 11 is 0. The molecule has 1 aromatic heterocycles. The van der Waals surface area contributed by atoms with Gasteiger partial charge in [-0.05, 0) is 25.3 Å². The minimum Gasteiger partial charge on any atom is -0.393 e. The van der Waals surface area contributed by atoms with Gasteiger partial charge in [-0.2, -0.15) is 0 Å². The molecule has 0 unspecified atom stereocenters. The van der Waals surface area contributed by atoms with Crippen LogP contribution in [0.4, 0.5) is 5.82 Å². The molecule has 0 aromatic carbocycles. The maximum absolute atomic E-state index is 12.1. The molecule has 21 heavy (non-hydrogen) atoms. The highest BCUT2D eigenvalue weighted by Gasteiger charge is 2.24. The highest BCUT2D eigenvalue weighted by molar-refractivity contribution is 5.94. The summed E-state index contributed by atoms with van der Waals surface area (Å²) < 4.78 is 0. The monoisotopic (exact) mass is 291 g/mol. The standard InChI is InChI=1S/C16H25N3O2/c1-16(2,3)15(21)19-14-11(5-4-8-17-14)10-18-12-6-7-13(20)9-12/h4-5,8,12-13,18,20H,6-7,9-10H2,1-3H3,(H,17,19,21)/t12-,13+/m0/s1. The number of aliphatic hydroxyl groups is 1. The van der Waals surface area contributed by atoms with Crippen LogP contribution in [0.15, 0.2) is 18.3 Å². The molecule has 1 aromatic rings. The van der Waals surface area contributed by atoms with Crippen LogP contribution < -0.4 is 10.6 Å². The lowest BCUT2D eigenvalue weighted by molar-refractivity contribution is -0.123. The third kappa shape index (κ3) is 4.51. The van der Waals surface area contributed by atoms with Crippen LogP contribution >= 0.6 is 0 Å². The van der Waals surface area contributed by atoms with Crippen LogP contribution in [0, 0.1) is 5.41 Å². The van der Waals surface area contributed by atoms with E-state index in [-0.39, 0.29) is 12.0 Å². The lowest BCUT2D eigenvalue weighted by Crippen LogP contribution is -2.30. The fourth-order valence-electron chi connectivity index (χ4n) is 2.39. The molecule has 0 aliphatic heterocycles. The first-order valence-corrected chi connectivity index (χ1v) is 7.53. The van der Waals surface area contributed by atoms with Gasteiger partial charge in [-0.3, -0.25) is 4.79 Å². The van der Waals surface area contributed by atoms with Crippen LogP contribution in [0.25, 0.3) is 0 Å². The number of nitrogens with one attached hydrogen (secondary N) is 2. The predicted octanol–water partition coefficient (Wildman–Crippen LogP) is 2.07. The molecule has 1 amide bonds. The second-order valence-corrected chi connectivity index (χ2v) is 6.76. The number of amides is 1. The van der Waals surface area contributed by atoms with Crippen molar-refractivity contribution in [1.29, 1.82) is 0 Å². The minimum absolute atomic E-state index is 0.0428. The number of carbonyl (C=O) groups excluding carboxylic acids is 1. The molecule has 5 heteroatoms. The molecule has 1 aliphatic carbocycles. The molecule has 2 atom stereocenters. The van der Waals surface area contributed by atoms with Crippen LogP contribution in [0.1, 0.15) is 45.6 Å². The van der Waals surface area contributed by atoms with E-state index in [0.29, 0.717) is 18.4 Å². The average molecular weight is 291 g/mol. The van der Waals surface area contributed by atoms with E-state index in [1.165, 1.54) is 0 Å². The molecule has 5 nitrogen and oxygen atoms in total. The first-order valence-electron chi connectivity index (χ1n) is 7.53. The number of aliphatic hydroxyl groups excluding tert-OH is 1. The Morgan fingerprint density at radius 3 is 2.81 bits per heavy atom. The zero-order valence-electron chi connectivity index (χ0n) is 13.0. The lowest BCUT2D eigenvalue weighted by atomic mass is 9.95. The first-order chi connectivity index (χ1) is 9.86. The topological polar surface area (TPSA) is 74.2 Å². The first kappa shape index (κ1) is 15.9. The fourth-order valence-corrected chi connectivity index (χ4v) is 2.39. The van der Waals surface area contributed by atoms with E-state index in [2.05, 4.69) is 15.6 Å². The van der Waals surface area contributed by atoms with Gasteiger partial charge in [0.05, 0.1) is 6.10 Å². The zero-order chi connectivity index (χ0) is 15.5. The number of carbonyl (C=O) groups is 1. The van der Waals surface area contributed by atoms with Crippen molar-refractivity contribution < 1.29 is 9.90 Å². The van der Waals surface area contributed by atoms with Crippen molar-refractivity contribution >= 4 is 11.7 Å². The molecule has 3 N–H and O–H groups in total. The van der Waals surface area contributed by atoms with Gasteiger partial charge in [0, 0.05) is 29.8 Å². The van der Waals surface area contributed by atoms with Crippen molar-refractivity contribution in [2.45, 2.75) is 58.7 Å². The van der Waals surface area contributed by atoms with E-state index in [1.54, 1.807) is 6.20 Å². The Bertz CT molecular complexity index is 497. The number of aromatic nitrogens is 1. The van der Waals surface area contributed by atoms with Gasteiger partial charge in [0.2, 0.25) is 5.91 Å². The van der Waals surface area contributed by atoms with Gasteiger partial charge in [-0.25, -0.2) is 4.98 Å². The van der Waals surface area contributed by atoms with E-state index in [4.69, 9.17) is 0 Å². The Kier molecular flexibility index (Phi) is 4.96. The lowest BCUT2D eigenvalue weighted by Gasteiger charge is -2.19. The Morgan fingerprint density at radius 1 is 1.43 bits per heavy atom. The summed E-state index contributed by atoms with van der Waals surface area (Å²) in [6, 6.07) is 4.17. The van der Waals surface area contributed by atoms with E-state index < -0.39 is 5.41 Å². The molecular formula is C16H25N3O2. The van der Waals surface area contributed by atoms with Gasteiger partial charge in [0.1, 0.15) is 5.82 Å². The number of anilines is 1. The second-order valence-electron chi connectivity index (χ2n) is 6.76. The van der Waals surface area contributed by atoms with Crippen LogP contribution in [0.5, 0.6) is 0 Å². The summed E-state index contributed by atoms with van der Waals surface area (Å²) in [6.07, 6.45) is 4.14. The van der Waals surface area contributed by atoms with E-state index in [0.717, 1.165) is 24.8 Å². The van der Waals surface area contributed by atoms with Gasteiger partial charge in [0.15, 0.2) is 0 Å². The molecule has 1 saturated carbocycles. The molecule has 116 valence electrons. The van der Waals surface area contributed by atoms with Gasteiger partial charge in [-0.15, -0.1) is 0 Å². The van der Waals surface area contributed by atoms with Gasteiger partial charge >= 0.3 is 0 Å². The van der Waals surface area contributed by atoms with Crippen molar-refractivity contribution in [3.05, 3.63) is 23.9 Å². The highest BCUT2D eigenvalue weighted by Crippen LogP contribution is 2.21. The summed E-state index contributed by atoms with van der Waals surface area (Å²) in [7, 11) is 0. The molecule has 1 heterocycles. The van der Waals surface area contributed by atoms with Crippen LogP contribution in [-0.4, -0.2) is 28.1 Å². The van der Waals surface area contributed by atoms with Crippen molar-refractivity contribution in [3.8, 4) is 0 Å². The largest absolute Gasteiger partial charge is 0.393 e. The maximum atomic E-state index is 12.1. The Morgan fingerprint density at radius 2 is 2.19 bits per heavy atom. The number of hydrogen-bond acceptors (Lipinski definition) is 4. The quantitative estimate of drug-likeness (QED) is 0.794. The predicted molar refractivity (Wildman–Crippen MR) is 82.8 cm³/mol. The number of rotatable bonds is 4. The Balaban J connectivity index is 1.98. The van der Waals surface area contributed by atoms with Gasteiger partial charge in [-0.1, -0.05) is 26.8 Å². The summed E-state index contributed by atoms with van der Waals surface area (Å²) in [5.74, 6) is 0.571. The van der Waals surface area contributed by atoms with Crippen LogP contribution in [0.2, 0.25) is 0 Å². The Labute approximate surface area is 126 Å². The zero-order valence-corrected chi connectivity index (χ0v) is 13.0. The van der Waals surface area contributed by atoms with E-state index >= 15 is 0 Å². The third-order valence-corrected chi connectivity index (χ3v) is 3.79. The summed E-state index contributed by atoms with van der Waals surface area (Å²) in [4.78, 5) is 16.4. The molecule has 1 fully saturated rings. The van der Waals surface area contributed by atoms with Crippen LogP contribution in [0.3, 0.4) is 0 Å². The van der Waals surface area contributed by atoms with Gasteiger partial charge in [0.25, 0.3) is 0 Å². The third-order valence-electron chi connectivity index (χ3n) is 3.79. The molecule has 0 bridgehead atoms. The smallest absolute Gasteiger partial charge is 0.230 e. The molecule has 0 radical (unpaired) electrons. The van der Waals surface area contributed by atoms with Crippen molar-refractivity contribution in [3.63, 3.8) is 0 Å². The summed E-state index contributed by atoms with van der Waals surface area (Å²) in [5.41, 5.74) is 0.522. The summed E-state index contributed by atoms with van der Waals surface area (Å²) in [6.45, 7) is 6.28. The van der Waals surface area contributed by atoms with Crippen molar-refractivity contribution in [1.82, 2.24) is 10.3 Å². The van der Waals surface area contributed by atoms with Crippen molar-refractivity contribution in [2.75, 3.05) is 5.32 Å². The fraction of sp³-hybridized carbons (Fsp3) is 0.625. The molecule has 1 aliphatic rings.